The number of carbonyl (C=O) groups is 3. The number of rotatable bonds is 14. The number of amidine groups is 1. The zero-order chi connectivity index (χ0) is 32.3. The molecule has 0 spiro atoms. The summed E-state index contributed by atoms with van der Waals surface area (Å²) < 4.78 is 0. The van der Waals surface area contributed by atoms with Gasteiger partial charge in [-0.2, -0.15) is 0 Å². The first-order valence-electron chi connectivity index (χ1n) is 16.1. The molecule has 0 saturated heterocycles. The molecule has 0 heterocycles. The quantitative estimate of drug-likeness (QED) is 0.0959. The van der Waals surface area contributed by atoms with Gasteiger partial charge in [-0.15, -0.1) is 0 Å². The lowest BCUT2D eigenvalue weighted by Gasteiger charge is -2.35. The molecule has 0 bridgehead atoms. The summed E-state index contributed by atoms with van der Waals surface area (Å²) in [7, 11) is 0. The molecule has 45 heavy (non-hydrogen) atoms. The number of guanidine groups is 1. The molecule has 1 fully saturated rings. The minimum absolute atomic E-state index is 0.0103. The number of nitrogen functional groups attached to an aromatic ring is 1. The van der Waals surface area contributed by atoms with E-state index in [2.05, 4.69) is 27.8 Å². The lowest BCUT2D eigenvalue weighted by molar-refractivity contribution is -0.134. The Morgan fingerprint density at radius 2 is 1.58 bits per heavy atom. The van der Waals surface area contributed by atoms with E-state index in [1.807, 2.05) is 24.3 Å². The van der Waals surface area contributed by atoms with E-state index in [1.54, 1.807) is 12.1 Å². The van der Waals surface area contributed by atoms with Crippen molar-refractivity contribution in [1.82, 2.24) is 10.6 Å². The zero-order valence-corrected chi connectivity index (χ0v) is 26.0. The second kappa shape index (κ2) is 16.1. The second-order valence-electron chi connectivity index (χ2n) is 12.4. The van der Waals surface area contributed by atoms with E-state index in [-0.39, 0.29) is 36.0 Å². The van der Waals surface area contributed by atoms with Gasteiger partial charge in [0.05, 0.1) is 0 Å². The van der Waals surface area contributed by atoms with Gasteiger partial charge in [-0.25, -0.2) is 0 Å². The molecule has 1 saturated carbocycles. The minimum atomic E-state index is -0.907. The number of fused-ring (bicyclic) bond motifs is 1. The molecule has 242 valence electrons. The highest BCUT2D eigenvalue weighted by molar-refractivity contribution is 5.95. The molecule has 2 aromatic carbocycles. The Labute approximate surface area is 265 Å². The van der Waals surface area contributed by atoms with Crippen molar-refractivity contribution < 1.29 is 14.4 Å². The average molecular weight is 617 g/mol. The molecule has 2 unspecified atom stereocenters. The fourth-order valence-corrected chi connectivity index (χ4v) is 6.88. The van der Waals surface area contributed by atoms with Gasteiger partial charge in [-0.1, -0.05) is 67.8 Å². The average Bonchev–Trinajstić information content (AvgIpc) is 3.03. The van der Waals surface area contributed by atoms with E-state index >= 15 is 0 Å². The number of aryl methyl sites for hydroxylation is 1. The van der Waals surface area contributed by atoms with Crippen molar-refractivity contribution in [2.75, 3.05) is 6.54 Å². The van der Waals surface area contributed by atoms with Gasteiger partial charge in [0.25, 0.3) is 0 Å². The summed E-state index contributed by atoms with van der Waals surface area (Å²) in [5, 5.41) is 13.8. The summed E-state index contributed by atoms with van der Waals surface area (Å²) in [4.78, 5) is 44.5. The van der Waals surface area contributed by atoms with E-state index in [4.69, 9.17) is 28.3 Å². The second-order valence-corrected chi connectivity index (χ2v) is 12.4. The van der Waals surface area contributed by atoms with E-state index in [9.17, 15) is 14.4 Å². The Balaban J connectivity index is 1.59. The summed E-state index contributed by atoms with van der Waals surface area (Å²) in [6, 6.07) is 14.0. The molecule has 2 aliphatic rings. The Kier molecular flexibility index (Phi) is 11.9. The molecule has 0 radical (unpaired) electrons. The first kappa shape index (κ1) is 33.5. The Bertz CT molecular complexity index is 1370. The Morgan fingerprint density at radius 1 is 0.867 bits per heavy atom. The van der Waals surface area contributed by atoms with E-state index in [1.165, 1.54) is 11.1 Å². The van der Waals surface area contributed by atoms with Crippen LogP contribution in [0.4, 0.5) is 0 Å². The van der Waals surface area contributed by atoms with Gasteiger partial charge in [0.2, 0.25) is 17.7 Å². The predicted octanol–water partition coefficient (Wildman–Crippen LogP) is 2.34. The van der Waals surface area contributed by atoms with Crippen LogP contribution < -0.4 is 33.6 Å². The predicted molar refractivity (Wildman–Crippen MR) is 176 cm³/mol. The molecular weight excluding hydrogens is 568 g/mol. The highest BCUT2D eigenvalue weighted by Crippen LogP contribution is 2.39. The lowest BCUT2D eigenvalue weighted by atomic mass is 9.73. The summed E-state index contributed by atoms with van der Waals surface area (Å²) >= 11 is 0. The molecule has 0 aliphatic heterocycles. The van der Waals surface area contributed by atoms with Gasteiger partial charge in [-0.3, -0.25) is 24.8 Å². The van der Waals surface area contributed by atoms with Crippen molar-refractivity contribution >= 4 is 29.5 Å². The van der Waals surface area contributed by atoms with E-state index in [0.717, 1.165) is 56.9 Å². The van der Waals surface area contributed by atoms with Gasteiger partial charge in [0.1, 0.15) is 17.9 Å². The van der Waals surface area contributed by atoms with Crippen LogP contribution in [0.1, 0.15) is 86.0 Å². The van der Waals surface area contributed by atoms with Crippen LogP contribution in [0.15, 0.2) is 53.5 Å². The van der Waals surface area contributed by atoms with Crippen molar-refractivity contribution in [2.24, 2.45) is 39.8 Å². The topological polar surface area (TPSA) is 216 Å². The third-order valence-electron chi connectivity index (χ3n) is 9.27. The SMILES string of the molecule is N=C(N)c1ccc(CC(C(=O)N[C@H](C(=O)N[C@@H](CCCN=C(N)N)C(N)=O)C2CCCCC2)C2CCCc3ccccc32)cc1. The number of aliphatic imine (C=N–C) groups is 1. The first-order valence-corrected chi connectivity index (χ1v) is 16.1. The largest absolute Gasteiger partial charge is 0.384 e. The monoisotopic (exact) mass is 616 g/mol. The number of carbonyl (C=O) groups excluding carboxylic acids is 3. The maximum absolute atomic E-state index is 14.4. The minimum Gasteiger partial charge on any atom is -0.384 e. The van der Waals surface area contributed by atoms with Gasteiger partial charge in [0, 0.05) is 18.0 Å². The van der Waals surface area contributed by atoms with E-state index < -0.39 is 29.8 Å². The zero-order valence-electron chi connectivity index (χ0n) is 26.0. The van der Waals surface area contributed by atoms with Crippen LogP contribution >= 0.6 is 0 Å². The maximum Gasteiger partial charge on any atom is 0.243 e. The highest BCUT2D eigenvalue weighted by Gasteiger charge is 2.38. The molecule has 0 aromatic heterocycles. The van der Waals surface area contributed by atoms with Gasteiger partial charge in [0.15, 0.2) is 5.96 Å². The van der Waals surface area contributed by atoms with Gasteiger partial charge >= 0.3 is 0 Å². The number of benzene rings is 2. The molecular formula is C34H48N8O3. The maximum atomic E-state index is 14.4. The molecule has 11 heteroatoms. The third-order valence-corrected chi connectivity index (χ3v) is 9.27. The molecule has 2 aromatic rings. The number of amides is 3. The summed E-state index contributed by atoms with van der Waals surface area (Å²) in [5.41, 5.74) is 26.2. The van der Waals surface area contributed by atoms with Crippen LogP contribution in [0.25, 0.3) is 0 Å². The fourth-order valence-electron chi connectivity index (χ4n) is 6.88. The standard InChI is InChI=1S/C34H48N8O3/c35-30(36)24-17-15-21(16-18-24)20-27(26-13-6-11-22-8-4-5-12-25(22)26)32(44)42-29(23-9-2-1-3-10-23)33(45)41-28(31(37)43)14-7-19-40-34(38)39/h4-5,8,12,15-18,23,26-29H,1-3,6-7,9-11,13-14,19-20H2,(H3,35,36)(H2,37,43)(H,41,45)(H,42,44)(H4,38,39,40)/t26?,27?,28-,29-/m0/s1. The van der Waals surface area contributed by atoms with Crippen LogP contribution in [-0.4, -0.2) is 48.1 Å². The molecule has 2 aliphatic carbocycles. The third kappa shape index (κ3) is 9.29. The Hall–Kier alpha value is -4.41. The smallest absolute Gasteiger partial charge is 0.243 e. The van der Waals surface area contributed by atoms with Gasteiger partial charge < -0.3 is 33.6 Å². The molecule has 3 amide bonds. The normalized spacial score (nSPS) is 18.4. The lowest BCUT2D eigenvalue weighted by Crippen LogP contribution is -2.57. The van der Waals surface area contributed by atoms with Crippen molar-refractivity contribution in [3.8, 4) is 0 Å². The van der Waals surface area contributed by atoms with Crippen molar-refractivity contribution in [1.29, 1.82) is 5.41 Å². The van der Waals surface area contributed by atoms with Crippen LogP contribution in [0.5, 0.6) is 0 Å². The van der Waals surface area contributed by atoms with Crippen LogP contribution in [0.3, 0.4) is 0 Å². The summed E-state index contributed by atoms with van der Waals surface area (Å²) in [6.45, 7) is 0.308. The first-order chi connectivity index (χ1) is 21.6. The molecule has 4 rings (SSSR count). The Morgan fingerprint density at radius 3 is 2.24 bits per heavy atom. The van der Waals surface area contributed by atoms with Crippen molar-refractivity contribution in [3.05, 3.63) is 70.8 Å². The number of primary amides is 1. The molecule has 11 N–H and O–H groups in total. The molecule has 4 atom stereocenters. The number of nitrogens with one attached hydrogen (secondary N) is 3. The highest BCUT2D eigenvalue weighted by atomic mass is 16.2. The van der Waals surface area contributed by atoms with Crippen LogP contribution in [0.2, 0.25) is 0 Å². The van der Waals surface area contributed by atoms with Crippen LogP contribution in [-0.2, 0) is 27.2 Å². The summed E-state index contributed by atoms with van der Waals surface area (Å²) in [5.74, 6) is -1.77. The van der Waals surface area contributed by atoms with Crippen molar-refractivity contribution in [3.63, 3.8) is 0 Å². The van der Waals surface area contributed by atoms with Crippen LogP contribution in [0, 0.1) is 17.2 Å². The number of nitrogens with two attached hydrogens (primary N) is 4. The number of hydrogen-bond acceptors (Lipinski definition) is 5. The number of nitrogens with zero attached hydrogens (tertiary/aromatic N) is 1. The fraction of sp³-hybridized carbons (Fsp3) is 0.500. The summed E-state index contributed by atoms with van der Waals surface area (Å²) in [6.07, 6.45) is 8.68. The number of hydrogen-bond donors (Lipinski definition) is 7. The van der Waals surface area contributed by atoms with E-state index in [0.29, 0.717) is 24.9 Å². The molecule has 11 nitrogen and oxygen atoms in total. The van der Waals surface area contributed by atoms with Crippen molar-refractivity contribution in [2.45, 2.75) is 88.6 Å². The van der Waals surface area contributed by atoms with Gasteiger partial charge in [-0.05, 0) is 79.9 Å².